The fourth-order valence-electron chi connectivity index (χ4n) is 2.05. The second-order valence-corrected chi connectivity index (χ2v) is 7.20. The van der Waals surface area contributed by atoms with E-state index >= 15 is 0 Å². The molecule has 1 aromatic heterocycles. The number of para-hydroxylation sites is 1. The van der Waals surface area contributed by atoms with Gasteiger partial charge in [0.1, 0.15) is 0 Å². The van der Waals surface area contributed by atoms with Gasteiger partial charge < -0.3 is 15.2 Å². The molecule has 0 saturated heterocycles. The van der Waals surface area contributed by atoms with E-state index in [-0.39, 0.29) is 18.2 Å². The van der Waals surface area contributed by atoms with Crippen molar-refractivity contribution in [2.75, 3.05) is 13.2 Å². The minimum Gasteiger partial charge on any atom is -0.489 e. The van der Waals surface area contributed by atoms with Crippen molar-refractivity contribution in [3.05, 3.63) is 42.2 Å². The van der Waals surface area contributed by atoms with E-state index in [4.69, 9.17) is 4.74 Å². The first-order valence-electron chi connectivity index (χ1n) is 8.50. The molecule has 2 aromatic rings. The van der Waals surface area contributed by atoms with Gasteiger partial charge in [0.25, 0.3) is 5.91 Å². The molecule has 0 aliphatic rings. The first-order valence-corrected chi connectivity index (χ1v) is 8.50. The van der Waals surface area contributed by atoms with E-state index in [1.807, 2.05) is 44.2 Å². The summed E-state index contributed by atoms with van der Waals surface area (Å²) in [6.07, 6.45) is 1.66. The van der Waals surface area contributed by atoms with Crippen molar-refractivity contribution >= 4 is 11.9 Å². The van der Waals surface area contributed by atoms with Crippen molar-refractivity contribution in [1.82, 2.24) is 15.1 Å². The third-order valence-electron chi connectivity index (χ3n) is 3.76. The highest BCUT2D eigenvalue weighted by molar-refractivity contribution is 5.95. The number of carbonyl (C=O) groups excluding carboxylic acids is 1. The number of carboxylic acids is 1. The van der Waals surface area contributed by atoms with Crippen LogP contribution in [0.15, 0.2) is 36.5 Å². The maximum absolute atomic E-state index is 12.6. The molecule has 1 amide bonds. The van der Waals surface area contributed by atoms with Crippen LogP contribution in [0.4, 0.5) is 0 Å². The SMILES string of the molecule is CC(C)COc1cn(-c2ccccc2)nc1C(=O)NCC(C)(C)C(=O)O. The number of carbonyl (C=O) groups is 2. The lowest BCUT2D eigenvalue weighted by Gasteiger charge is -2.19. The molecule has 0 unspecified atom stereocenters. The molecule has 1 aromatic carbocycles. The smallest absolute Gasteiger partial charge is 0.310 e. The maximum atomic E-state index is 12.6. The average Bonchev–Trinajstić information content (AvgIpc) is 3.03. The van der Waals surface area contributed by atoms with Crippen LogP contribution in [0.2, 0.25) is 0 Å². The highest BCUT2D eigenvalue weighted by Crippen LogP contribution is 2.21. The molecule has 0 fully saturated rings. The highest BCUT2D eigenvalue weighted by atomic mass is 16.5. The van der Waals surface area contributed by atoms with Crippen molar-refractivity contribution in [1.29, 1.82) is 0 Å². The number of carboxylic acid groups (broad SMARTS) is 1. The number of rotatable bonds is 8. The Morgan fingerprint density at radius 3 is 2.50 bits per heavy atom. The van der Waals surface area contributed by atoms with Gasteiger partial charge in [-0.15, -0.1) is 0 Å². The second-order valence-electron chi connectivity index (χ2n) is 7.20. The Labute approximate surface area is 153 Å². The Bertz CT molecular complexity index is 766. The maximum Gasteiger partial charge on any atom is 0.310 e. The van der Waals surface area contributed by atoms with Crippen LogP contribution < -0.4 is 10.1 Å². The summed E-state index contributed by atoms with van der Waals surface area (Å²) in [5.74, 6) is -0.790. The number of nitrogens with zero attached hydrogens (tertiary/aromatic N) is 2. The molecule has 0 saturated carbocycles. The zero-order valence-corrected chi connectivity index (χ0v) is 15.5. The van der Waals surface area contributed by atoms with Crippen molar-refractivity contribution in [3.8, 4) is 11.4 Å². The molecule has 0 aliphatic carbocycles. The Morgan fingerprint density at radius 2 is 1.92 bits per heavy atom. The number of nitrogens with one attached hydrogen (secondary N) is 1. The van der Waals surface area contributed by atoms with E-state index in [1.165, 1.54) is 0 Å². The van der Waals surface area contributed by atoms with Crippen LogP contribution in [-0.4, -0.2) is 39.9 Å². The largest absolute Gasteiger partial charge is 0.489 e. The summed E-state index contributed by atoms with van der Waals surface area (Å²) in [4.78, 5) is 23.8. The third-order valence-corrected chi connectivity index (χ3v) is 3.76. The first kappa shape index (κ1) is 19.5. The van der Waals surface area contributed by atoms with Crippen LogP contribution in [0, 0.1) is 11.3 Å². The summed E-state index contributed by atoms with van der Waals surface area (Å²) < 4.78 is 7.32. The second kappa shape index (κ2) is 8.03. The van der Waals surface area contributed by atoms with Crippen molar-refractivity contribution in [2.24, 2.45) is 11.3 Å². The summed E-state index contributed by atoms with van der Waals surface area (Å²) in [6.45, 7) is 7.56. The summed E-state index contributed by atoms with van der Waals surface area (Å²) in [6, 6.07) is 9.38. The zero-order chi connectivity index (χ0) is 19.3. The lowest BCUT2D eigenvalue weighted by Crippen LogP contribution is -2.39. The molecule has 0 aliphatic heterocycles. The highest BCUT2D eigenvalue weighted by Gasteiger charge is 2.29. The van der Waals surface area contributed by atoms with Crippen LogP contribution in [0.3, 0.4) is 0 Å². The number of aliphatic carboxylic acids is 1. The molecular formula is C19H25N3O4. The van der Waals surface area contributed by atoms with E-state index in [2.05, 4.69) is 10.4 Å². The van der Waals surface area contributed by atoms with Crippen LogP contribution in [0.1, 0.15) is 38.2 Å². The number of amides is 1. The van der Waals surface area contributed by atoms with Gasteiger partial charge in [-0.2, -0.15) is 5.10 Å². The summed E-state index contributed by atoms with van der Waals surface area (Å²) in [5, 5.41) is 16.2. The minimum atomic E-state index is -1.07. The number of hydrogen-bond acceptors (Lipinski definition) is 4. The molecule has 7 heteroatoms. The van der Waals surface area contributed by atoms with Gasteiger partial charge in [0.2, 0.25) is 0 Å². The van der Waals surface area contributed by atoms with Crippen LogP contribution in [-0.2, 0) is 4.79 Å². The fraction of sp³-hybridized carbons (Fsp3) is 0.421. The summed E-state index contributed by atoms with van der Waals surface area (Å²) in [5.41, 5.74) is -0.140. The van der Waals surface area contributed by atoms with E-state index in [0.717, 1.165) is 5.69 Å². The molecule has 0 bridgehead atoms. The van der Waals surface area contributed by atoms with Crippen LogP contribution >= 0.6 is 0 Å². The molecule has 1 heterocycles. The van der Waals surface area contributed by atoms with Gasteiger partial charge in [-0.1, -0.05) is 32.0 Å². The minimum absolute atomic E-state index is 0.0109. The number of benzene rings is 1. The Kier molecular flexibility index (Phi) is 6.02. The summed E-state index contributed by atoms with van der Waals surface area (Å²) in [7, 11) is 0. The van der Waals surface area contributed by atoms with Gasteiger partial charge in [0.15, 0.2) is 11.4 Å². The molecule has 0 radical (unpaired) electrons. The summed E-state index contributed by atoms with van der Waals surface area (Å²) >= 11 is 0. The number of hydrogen-bond donors (Lipinski definition) is 2. The zero-order valence-electron chi connectivity index (χ0n) is 15.5. The number of ether oxygens (including phenoxy) is 1. The van der Waals surface area contributed by atoms with Gasteiger partial charge in [-0.05, 0) is 31.9 Å². The van der Waals surface area contributed by atoms with Gasteiger partial charge >= 0.3 is 5.97 Å². The average molecular weight is 359 g/mol. The first-order chi connectivity index (χ1) is 12.2. The van der Waals surface area contributed by atoms with Crippen molar-refractivity contribution in [3.63, 3.8) is 0 Å². The van der Waals surface area contributed by atoms with Gasteiger partial charge in [-0.25, -0.2) is 4.68 Å². The molecular weight excluding hydrogens is 334 g/mol. The normalized spacial score (nSPS) is 11.4. The van der Waals surface area contributed by atoms with Gasteiger partial charge in [0, 0.05) is 6.54 Å². The lowest BCUT2D eigenvalue weighted by atomic mass is 9.94. The van der Waals surface area contributed by atoms with Crippen molar-refractivity contribution < 1.29 is 19.4 Å². The lowest BCUT2D eigenvalue weighted by molar-refractivity contribution is -0.146. The molecule has 2 rings (SSSR count). The van der Waals surface area contributed by atoms with E-state index in [9.17, 15) is 14.7 Å². The Morgan fingerprint density at radius 1 is 1.27 bits per heavy atom. The van der Waals surface area contributed by atoms with Crippen LogP contribution in [0.5, 0.6) is 5.75 Å². The predicted molar refractivity (Wildman–Crippen MR) is 97.6 cm³/mol. The molecule has 140 valence electrons. The van der Waals surface area contributed by atoms with Gasteiger partial charge in [-0.3, -0.25) is 9.59 Å². The number of aromatic nitrogens is 2. The molecule has 0 spiro atoms. The Hall–Kier alpha value is -2.83. The molecule has 0 atom stereocenters. The topological polar surface area (TPSA) is 93.5 Å². The molecule has 2 N–H and O–H groups in total. The molecule has 26 heavy (non-hydrogen) atoms. The Balaban J connectivity index is 2.25. The monoisotopic (exact) mass is 359 g/mol. The van der Waals surface area contributed by atoms with Crippen molar-refractivity contribution in [2.45, 2.75) is 27.7 Å². The quantitative estimate of drug-likeness (QED) is 0.756. The van der Waals surface area contributed by atoms with Gasteiger partial charge in [0.05, 0.1) is 23.9 Å². The van der Waals surface area contributed by atoms with E-state index in [1.54, 1.807) is 24.7 Å². The van der Waals surface area contributed by atoms with E-state index in [0.29, 0.717) is 12.4 Å². The predicted octanol–water partition coefficient (Wildman–Crippen LogP) is 2.75. The molecule has 7 nitrogen and oxygen atoms in total. The standard InChI is InChI=1S/C19H25N3O4/c1-13(2)11-26-15-10-22(14-8-6-5-7-9-14)21-16(15)17(23)20-12-19(3,4)18(24)25/h5-10,13H,11-12H2,1-4H3,(H,20,23)(H,24,25). The fourth-order valence-corrected chi connectivity index (χ4v) is 2.05. The van der Waals surface area contributed by atoms with Crippen LogP contribution in [0.25, 0.3) is 5.69 Å². The third kappa shape index (κ3) is 4.84. The van der Waals surface area contributed by atoms with E-state index < -0.39 is 17.3 Å².